The number of ether oxygens (including phenoxy) is 1. The van der Waals surface area contributed by atoms with Crippen molar-refractivity contribution in [1.82, 2.24) is 4.98 Å². The van der Waals surface area contributed by atoms with E-state index in [9.17, 15) is 9.90 Å². The molecule has 6 nitrogen and oxygen atoms in total. The molecule has 1 unspecified atom stereocenters. The van der Waals surface area contributed by atoms with Crippen molar-refractivity contribution in [2.24, 2.45) is 17.4 Å². The van der Waals surface area contributed by atoms with E-state index in [-0.39, 0.29) is 11.7 Å². The van der Waals surface area contributed by atoms with E-state index in [0.717, 1.165) is 43.5 Å². The molecule has 1 heterocycles. The standard InChI is InChI=1S/C26H32ClN3O3/c1-2-17(26(29)32)14-19-16-22(27)21-10-11-23(30-24(21)25(19)31)18-8-7-9-20(15-18)33-13-6-4-3-5-12-28/h7-11,15-17,31H,2-6,12-14,28H2,1H3,(H2,29,32). The zero-order chi connectivity index (χ0) is 23.8. The van der Waals surface area contributed by atoms with Gasteiger partial charge in [0.05, 0.1) is 17.3 Å². The minimum absolute atomic E-state index is 0.0285. The maximum absolute atomic E-state index is 11.7. The fraction of sp³-hybridized carbons (Fsp3) is 0.385. The Labute approximate surface area is 199 Å². The van der Waals surface area contributed by atoms with Crippen molar-refractivity contribution in [3.63, 3.8) is 0 Å². The zero-order valence-corrected chi connectivity index (χ0v) is 19.8. The van der Waals surface area contributed by atoms with Crippen LogP contribution < -0.4 is 16.2 Å². The van der Waals surface area contributed by atoms with E-state index in [2.05, 4.69) is 0 Å². The van der Waals surface area contributed by atoms with Crippen molar-refractivity contribution >= 4 is 28.4 Å². The van der Waals surface area contributed by atoms with Crippen LogP contribution >= 0.6 is 11.6 Å². The van der Waals surface area contributed by atoms with Crippen LogP contribution in [0.1, 0.15) is 44.6 Å². The largest absolute Gasteiger partial charge is 0.505 e. The first kappa shape index (κ1) is 24.8. The van der Waals surface area contributed by atoms with E-state index in [0.29, 0.717) is 46.6 Å². The second-order valence-corrected chi connectivity index (χ2v) is 8.66. The summed E-state index contributed by atoms with van der Waals surface area (Å²) in [5.74, 6) is 0.0278. The molecule has 0 saturated carbocycles. The van der Waals surface area contributed by atoms with Gasteiger partial charge in [-0.3, -0.25) is 4.79 Å². The number of phenols is 1. The summed E-state index contributed by atoms with van der Waals surface area (Å²) in [6.45, 7) is 3.27. The minimum Gasteiger partial charge on any atom is -0.505 e. The Kier molecular flexibility index (Phi) is 8.92. The summed E-state index contributed by atoms with van der Waals surface area (Å²) < 4.78 is 5.90. The van der Waals surface area contributed by atoms with Crippen LogP contribution in [0.3, 0.4) is 0 Å². The number of phenolic OH excluding ortho intramolecular Hbond substituents is 1. The number of nitrogens with two attached hydrogens (primary N) is 2. The molecule has 0 aliphatic rings. The third kappa shape index (κ3) is 6.36. The number of hydrogen-bond donors (Lipinski definition) is 3. The Bertz CT molecular complexity index is 1100. The van der Waals surface area contributed by atoms with Crippen molar-refractivity contribution in [3.8, 4) is 22.8 Å². The predicted octanol–water partition coefficient (Wildman–Crippen LogP) is 5.21. The van der Waals surface area contributed by atoms with Crippen LogP contribution in [0, 0.1) is 5.92 Å². The Balaban J connectivity index is 1.84. The molecule has 33 heavy (non-hydrogen) atoms. The second kappa shape index (κ2) is 11.9. The Hall–Kier alpha value is -2.83. The highest BCUT2D eigenvalue weighted by molar-refractivity contribution is 6.35. The Morgan fingerprint density at radius 3 is 2.67 bits per heavy atom. The third-order valence-corrected chi connectivity index (χ3v) is 6.15. The monoisotopic (exact) mass is 469 g/mol. The molecule has 3 rings (SSSR count). The lowest BCUT2D eigenvalue weighted by atomic mass is 9.94. The average molecular weight is 470 g/mol. The van der Waals surface area contributed by atoms with Gasteiger partial charge in [0, 0.05) is 16.9 Å². The average Bonchev–Trinajstić information content (AvgIpc) is 2.82. The Morgan fingerprint density at radius 2 is 1.94 bits per heavy atom. The number of aromatic nitrogens is 1. The molecule has 5 N–H and O–H groups in total. The van der Waals surface area contributed by atoms with E-state index in [4.69, 9.17) is 32.8 Å². The summed E-state index contributed by atoms with van der Waals surface area (Å²) in [5, 5.41) is 12.1. The summed E-state index contributed by atoms with van der Waals surface area (Å²) in [7, 11) is 0. The SMILES string of the molecule is CCC(Cc1cc(Cl)c2ccc(-c3cccc(OCCCCCCN)c3)nc2c1O)C(N)=O. The maximum Gasteiger partial charge on any atom is 0.220 e. The quantitative estimate of drug-likeness (QED) is 0.315. The fourth-order valence-corrected chi connectivity index (χ4v) is 4.13. The zero-order valence-electron chi connectivity index (χ0n) is 19.0. The van der Waals surface area contributed by atoms with Gasteiger partial charge in [-0.25, -0.2) is 4.98 Å². The van der Waals surface area contributed by atoms with Gasteiger partial charge in [0.15, 0.2) is 0 Å². The van der Waals surface area contributed by atoms with Gasteiger partial charge < -0.3 is 21.3 Å². The number of unbranched alkanes of at least 4 members (excludes halogenated alkanes) is 3. The molecule has 0 radical (unpaired) electrons. The van der Waals surface area contributed by atoms with Gasteiger partial charge in [0.2, 0.25) is 5.91 Å². The van der Waals surface area contributed by atoms with Gasteiger partial charge in [0.25, 0.3) is 0 Å². The lowest BCUT2D eigenvalue weighted by Gasteiger charge is -2.15. The van der Waals surface area contributed by atoms with E-state index in [1.54, 1.807) is 6.07 Å². The minimum atomic E-state index is -0.397. The van der Waals surface area contributed by atoms with Crippen LogP contribution in [0.25, 0.3) is 22.2 Å². The molecule has 2 aromatic carbocycles. The number of hydrogen-bond acceptors (Lipinski definition) is 5. The van der Waals surface area contributed by atoms with Crippen molar-refractivity contribution in [2.45, 2.75) is 45.4 Å². The second-order valence-electron chi connectivity index (χ2n) is 8.25. The van der Waals surface area contributed by atoms with Crippen LogP contribution in [0.15, 0.2) is 42.5 Å². The third-order valence-electron chi connectivity index (χ3n) is 5.84. The number of aromatic hydroxyl groups is 1. The van der Waals surface area contributed by atoms with Gasteiger partial charge in [-0.1, -0.05) is 43.5 Å². The molecule has 7 heteroatoms. The summed E-state index contributed by atoms with van der Waals surface area (Å²) in [6.07, 6.45) is 5.14. The van der Waals surface area contributed by atoms with Crippen molar-refractivity contribution in [1.29, 1.82) is 0 Å². The molecule has 0 aliphatic heterocycles. The lowest BCUT2D eigenvalue weighted by Crippen LogP contribution is -2.24. The first-order valence-corrected chi connectivity index (χ1v) is 11.9. The van der Waals surface area contributed by atoms with Gasteiger partial charge in [0.1, 0.15) is 17.0 Å². The van der Waals surface area contributed by atoms with Gasteiger partial charge in [-0.2, -0.15) is 0 Å². The number of benzene rings is 2. The van der Waals surface area contributed by atoms with E-state index >= 15 is 0 Å². The molecule has 1 atom stereocenters. The van der Waals surface area contributed by atoms with Crippen LogP contribution in [0.4, 0.5) is 0 Å². The predicted molar refractivity (Wildman–Crippen MR) is 134 cm³/mol. The molecule has 0 bridgehead atoms. The maximum atomic E-state index is 11.7. The number of amides is 1. The van der Waals surface area contributed by atoms with Crippen molar-refractivity contribution < 1.29 is 14.6 Å². The number of nitrogens with zero attached hydrogens (tertiary/aromatic N) is 1. The van der Waals surface area contributed by atoms with Crippen molar-refractivity contribution in [2.75, 3.05) is 13.2 Å². The van der Waals surface area contributed by atoms with Crippen LogP contribution in [-0.4, -0.2) is 29.1 Å². The van der Waals surface area contributed by atoms with Gasteiger partial charge in [-0.15, -0.1) is 0 Å². The number of primary amides is 1. The smallest absolute Gasteiger partial charge is 0.220 e. The first-order chi connectivity index (χ1) is 15.9. The molecule has 1 amide bonds. The highest BCUT2D eigenvalue weighted by atomic mass is 35.5. The van der Waals surface area contributed by atoms with E-state index < -0.39 is 5.91 Å². The number of pyridine rings is 1. The summed E-state index contributed by atoms with van der Waals surface area (Å²) >= 11 is 6.47. The summed E-state index contributed by atoms with van der Waals surface area (Å²) in [6, 6.07) is 13.1. The van der Waals surface area contributed by atoms with Crippen molar-refractivity contribution in [3.05, 3.63) is 53.1 Å². The number of halogens is 1. The normalized spacial score (nSPS) is 12.1. The number of carbonyl (C=O) groups is 1. The molecule has 0 fully saturated rings. The molecule has 0 aliphatic carbocycles. The topological polar surface area (TPSA) is 111 Å². The molecule has 0 saturated heterocycles. The number of fused-ring (bicyclic) bond motifs is 1. The van der Waals surface area contributed by atoms with E-state index in [1.165, 1.54) is 0 Å². The van der Waals surface area contributed by atoms with Crippen LogP contribution in [-0.2, 0) is 11.2 Å². The highest BCUT2D eigenvalue weighted by Gasteiger charge is 2.19. The lowest BCUT2D eigenvalue weighted by molar-refractivity contribution is -0.121. The van der Waals surface area contributed by atoms with E-state index in [1.807, 2.05) is 43.3 Å². The Morgan fingerprint density at radius 1 is 1.15 bits per heavy atom. The van der Waals surface area contributed by atoms with Crippen LogP contribution in [0.2, 0.25) is 5.02 Å². The molecule has 176 valence electrons. The molecule has 0 spiro atoms. The highest BCUT2D eigenvalue weighted by Crippen LogP contribution is 2.36. The summed E-state index contributed by atoms with van der Waals surface area (Å²) in [5.41, 5.74) is 13.6. The van der Waals surface area contributed by atoms with Crippen LogP contribution in [0.5, 0.6) is 11.5 Å². The first-order valence-electron chi connectivity index (χ1n) is 11.5. The molecule has 3 aromatic rings. The number of carbonyl (C=O) groups excluding carboxylic acids is 1. The fourth-order valence-electron chi connectivity index (χ4n) is 3.85. The molecule has 1 aromatic heterocycles. The number of rotatable bonds is 12. The molecular weight excluding hydrogens is 438 g/mol. The van der Waals surface area contributed by atoms with Gasteiger partial charge >= 0.3 is 0 Å². The van der Waals surface area contributed by atoms with Gasteiger partial charge in [-0.05, 0) is 68.1 Å². The molecular formula is C26H32ClN3O3. The summed E-state index contributed by atoms with van der Waals surface area (Å²) in [4.78, 5) is 16.4.